The number of esters is 1. The highest BCUT2D eigenvalue weighted by Crippen LogP contribution is 2.46. The number of nitrogens with zero attached hydrogens (tertiary/aromatic N) is 2. The average molecular weight is 418 g/mol. The number of carbonyl (C=O) groups excluding carboxylic acids is 1. The van der Waals surface area contributed by atoms with Gasteiger partial charge in [-0.1, -0.05) is 44.2 Å². The van der Waals surface area contributed by atoms with Gasteiger partial charge in [-0.2, -0.15) is 5.26 Å². The van der Waals surface area contributed by atoms with Crippen LogP contribution >= 0.6 is 0 Å². The smallest absolute Gasteiger partial charge is 0.331 e. The fourth-order valence-corrected chi connectivity index (χ4v) is 4.38. The third kappa shape index (κ3) is 3.84. The molecule has 2 saturated heterocycles. The average Bonchev–Trinajstić information content (AvgIpc) is 2.79. The van der Waals surface area contributed by atoms with Gasteiger partial charge in [-0.15, -0.1) is 0 Å². The predicted molar refractivity (Wildman–Crippen MR) is 107 cm³/mol. The number of likely N-dealkylation sites (N-methyl/N-ethyl adjacent to an activating group) is 1. The second-order valence-corrected chi connectivity index (χ2v) is 7.28. The topological polar surface area (TPSA) is 90.3 Å². The Morgan fingerprint density at radius 2 is 1.93 bits per heavy atom. The van der Waals surface area contributed by atoms with Crippen LogP contribution in [-0.2, 0) is 28.5 Å². The molecule has 0 N–H and O–H groups in total. The fraction of sp³-hybridized carbons (Fsp3) is 0.636. The molecule has 30 heavy (non-hydrogen) atoms. The summed E-state index contributed by atoms with van der Waals surface area (Å²) in [6.07, 6.45) is -3.05. The molecular weight excluding hydrogens is 388 g/mol. The highest BCUT2D eigenvalue weighted by molar-refractivity contribution is 5.82. The lowest BCUT2D eigenvalue weighted by Crippen LogP contribution is -2.72. The maximum absolute atomic E-state index is 13.4. The summed E-state index contributed by atoms with van der Waals surface area (Å²) in [5.74, 6) is -0.626. The quantitative estimate of drug-likeness (QED) is 0.623. The Hall–Kier alpha value is -2.02. The van der Waals surface area contributed by atoms with E-state index in [2.05, 4.69) is 6.07 Å². The van der Waals surface area contributed by atoms with Gasteiger partial charge in [0.15, 0.2) is 12.6 Å². The van der Waals surface area contributed by atoms with E-state index < -0.39 is 42.2 Å². The van der Waals surface area contributed by atoms with Crippen LogP contribution in [0.3, 0.4) is 0 Å². The lowest BCUT2D eigenvalue weighted by molar-refractivity contribution is -0.351. The number of hydrogen-bond acceptors (Lipinski definition) is 8. The summed E-state index contributed by atoms with van der Waals surface area (Å²) in [6.45, 7) is 7.17. The molecule has 1 aromatic carbocycles. The van der Waals surface area contributed by atoms with Crippen molar-refractivity contribution in [2.45, 2.75) is 51.6 Å². The van der Waals surface area contributed by atoms with Crippen LogP contribution in [0.1, 0.15) is 32.6 Å². The minimum Gasteiger partial charge on any atom is -0.465 e. The number of benzene rings is 1. The van der Waals surface area contributed by atoms with Crippen molar-refractivity contribution in [2.24, 2.45) is 5.41 Å². The summed E-state index contributed by atoms with van der Waals surface area (Å²) < 4.78 is 29.3. The Balaban J connectivity index is 2.08. The number of methoxy groups -OCH3 is 1. The van der Waals surface area contributed by atoms with Crippen LogP contribution in [0.15, 0.2) is 30.3 Å². The van der Waals surface area contributed by atoms with E-state index in [4.69, 9.17) is 23.7 Å². The van der Waals surface area contributed by atoms with Crippen LogP contribution in [0, 0.1) is 16.7 Å². The molecule has 2 heterocycles. The first kappa shape index (κ1) is 22.7. The molecule has 8 nitrogen and oxygen atoms in total. The first-order chi connectivity index (χ1) is 14.6. The zero-order valence-electron chi connectivity index (χ0n) is 17.9. The van der Waals surface area contributed by atoms with Crippen molar-refractivity contribution in [3.63, 3.8) is 0 Å². The van der Waals surface area contributed by atoms with Crippen LogP contribution in [0.5, 0.6) is 0 Å². The zero-order valence-corrected chi connectivity index (χ0v) is 17.9. The molecule has 1 aromatic rings. The molecule has 2 fully saturated rings. The Kier molecular flexibility index (Phi) is 7.45. The number of nitriles is 1. The van der Waals surface area contributed by atoms with Crippen LogP contribution in [0.4, 0.5) is 0 Å². The highest BCUT2D eigenvalue weighted by Gasteiger charge is 2.66. The molecule has 8 heteroatoms. The molecule has 3 rings (SSSR count). The van der Waals surface area contributed by atoms with Crippen molar-refractivity contribution in [3.8, 4) is 6.07 Å². The molecular formula is C22H30N2O6. The number of hydrogen-bond donors (Lipinski definition) is 0. The van der Waals surface area contributed by atoms with Gasteiger partial charge in [0.2, 0.25) is 5.41 Å². The van der Waals surface area contributed by atoms with Gasteiger partial charge in [0, 0.05) is 12.7 Å². The first-order valence-electron chi connectivity index (χ1n) is 10.4. The summed E-state index contributed by atoms with van der Waals surface area (Å²) in [7, 11) is 1.51. The fourth-order valence-electron chi connectivity index (χ4n) is 4.38. The number of rotatable bonds is 7. The summed E-state index contributed by atoms with van der Waals surface area (Å²) >= 11 is 0. The Labute approximate surface area is 177 Å². The summed E-state index contributed by atoms with van der Waals surface area (Å²) in [5.41, 5.74) is -0.831. The normalized spacial score (nSPS) is 33.5. The van der Waals surface area contributed by atoms with Gasteiger partial charge in [0.1, 0.15) is 12.2 Å². The maximum atomic E-state index is 13.4. The zero-order chi connectivity index (χ0) is 21.7. The predicted octanol–water partition coefficient (Wildman–Crippen LogP) is 2.26. The number of fused-ring (bicyclic) bond motifs is 1. The van der Waals surface area contributed by atoms with E-state index in [1.165, 1.54) is 7.11 Å². The van der Waals surface area contributed by atoms with Crippen molar-refractivity contribution in [1.82, 2.24) is 4.90 Å². The Morgan fingerprint density at radius 1 is 1.23 bits per heavy atom. The van der Waals surface area contributed by atoms with Crippen LogP contribution < -0.4 is 0 Å². The molecule has 0 saturated carbocycles. The van der Waals surface area contributed by atoms with Gasteiger partial charge in [-0.3, -0.25) is 9.69 Å². The maximum Gasteiger partial charge on any atom is 0.331 e. The Morgan fingerprint density at radius 3 is 2.50 bits per heavy atom. The highest BCUT2D eigenvalue weighted by atomic mass is 16.7. The second-order valence-electron chi connectivity index (χ2n) is 7.28. The third-order valence-corrected chi connectivity index (χ3v) is 5.81. The van der Waals surface area contributed by atoms with E-state index in [0.29, 0.717) is 13.1 Å². The standard InChI is InChI=1S/C22H30N2O6/c1-5-24(6-2)17-20(26-4)29-16-13-28-19(15-11-9-8-10-12-15)30-18(16)22(17,14-23)21(25)27-7-3/h8-12,16-20H,5-7,13H2,1-4H3/t16-,17+,18-,19?,20-,22-/m1/s1. The van der Waals surface area contributed by atoms with E-state index in [1.807, 2.05) is 49.1 Å². The molecule has 0 radical (unpaired) electrons. The van der Waals surface area contributed by atoms with E-state index in [-0.39, 0.29) is 13.2 Å². The number of carbonyl (C=O) groups is 1. The SMILES string of the molecule is CCOC(=O)[C@@]1(C#N)[C@@H]2OC(c3ccccc3)OC[C@H]2O[C@@H](OC)[C@@H]1N(CC)CC. The van der Waals surface area contributed by atoms with Crippen molar-refractivity contribution in [1.29, 1.82) is 5.26 Å². The molecule has 2 aliphatic heterocycles. The molecule has 0 spiro atoms. The van der Waals surface area contributed by atoms with Gasteiger partial charge in [-0.05, 0) is 20.0 Å². The van der Waals surface area contributed by atoms with Gasteiger partial charge in [-0.25, -0.2) is 0 Å². The Bertz CT molecular complexity index is 750. The van der Waals surface area contributed by atoms with Gasteiger partial charge < -0.3 is 23.7 Å². The molecule has 0 bridgehead atoms. The largest absolute Gasteiger partial charge is 0.465 e. The van der Waals surface area contributed by atoms with Gasteiger partial charge in [0.05, 0.1) is 25.3 Å². The van der Waals surface area contributed by atoms with Crippen molar-refractivity contribution >= 4 is 5.97 Å². The van der Waals surface area contributed by atoms with Gasteiger partial charge >= 0.3 is 5.97 Å². The van der Waals surface area contributed by atoms with E-state index in [0.717, 1.165) is 5.56 Å². The van der Waals surface area contributed by atoms with Crippen LogP contribution in [0.25, 0.3) is 0 Å². The first-order valence-corrected chi connectivity index (χ1v) is 10.4. The molecule has 6 atom stereocenters. The van der Waals surface area contributed by atoms with Crippen LogP contribution in [0.2, 0.25) is 0 Å². The number of ether oxygens (including phenoxy) is 5. The summed E-state index contributed by atoms with van der Waals surface area (Å²) in [6, 6.07) is 11.0. The summed E-state index contributed by atoms with van der Waals surface area (Å²) in [5, 5.41) is 10.4. The second kappa shape index (κ2) is 9.86. The lowest BCUT2D eigenvalue weighted by atomic mass is 9.70. The van der Waals surface area contributed by atoms with Crippen molar-refractivity contribution in [3.05, 3.63) is 35.9 Å². The molecule has 2 aliphatic rings. The molecule has 1 unspecified atom stereocenters. The van der Waals surface area contributed by atoms with Crippen molar-refractivity contribution < 1.29 is 28.5 Å². The van der Waals surface area contributed by atoms with E-state index in [9.17, 15) is 10.1 Å². The molecule has 0 aromatic heterocycles. The van der Waals surface area contributed by atoms with E-state index in [1.54, 1.807) is 6.92 Å². The lowest BCUT2D eigenvalue weighted by Gasteiger charge is -2.54. The van der Waals surface area contributed by atoms with Gasteiger partial charge in [0.25, 0.3) is 0 Å². The summed E-state index contributed by atoms with van der Waals surface area (Å²) in [4.78, 5) is 15.3. The molecule has 0 amide bonds. The van der Waals surface area contributed by atoms with Crippen LogP contribution in [-0.4, -0.2) is 68.8 Å². The van der Waals surface area contributed by atoms with E-state index >= 15 is 0 Å². The minimum absolute atomic E-state index is 0.155. The minimum atomic E-state index is -1.64. The molecule has 164 valence electrons. The molecule has 0 aliphatic carbocycles. The van der Waals surface area contributed by atoms with Crippen molar-refractivity contribution in [2.75, 3.05) is 33.4 Å². The third-order valence-electron chi connectivity index (χ3n) is 5.81. The monoisotopic (exact) mass is 418 g/mol.